The van der Waals surface area contributed by atoms with Crippen LogP contribution in [0.15, 0.2) is 4.52 Å². The van der Waals surface area contributed by atoms with Gasteiger partial charge in [-0.15, -0.1) is 0 Å². The Labute approximate surface area is 100.0 Å². The molecule has 17 heavy (non-hydrogen) atoms. The maximum atomic E-state index is 10.3. The van der Waals surface area contributed by atoms with Crippen molar-refractivity contribution in [2.75, 3.05) is 13.7 Å². The Morgan fingerprint density at radius 1 is 1.35 bits per heavy atom. The van der Waals surface area contributed by atoms with Gasteiger partial charge in [0.05, 0.1) is 0 Å². The molecule has 1 N–H and O–H groups in total. The molecule has 0 radical (unpaired) electrons. The van der Waals surface area contributed by atoms with Crippen LogP contribution in [0.3, 0.4) is 0 Å². The lowest BCUT2D eigenvalue weighted by Crippen LogP contribution is -1.96. The number of carboxylic acid groups (broad SMARTS) is 1. The first kappa shape index (κ1) is 13.6. The van der Waals surface area contributed by atoms with E-state index in [0.717, 1.165) is 19.3 Å². The van der Waals surface area contributed by atoms with Crippen molar-refractivity contribution in [2.45, 2.75) is 38.5 Å². The molecule has 1 aromatic rings. The molecule has 0 bridgehead atoms. The van der Waals surface area contributed by atoms with Crippen molar-refractivity contribution in [1.82, 2.24) is 10.1 Å². The van der Waals surface area contributed by atoms with Crippen LogP contribution in [0.4, 0.5) is 0 Å². The average molecular weight is 242 g/mol. The summed E-state index contributed by atoms with van der Waals surface area (Å²) in [7, 11) is 1.66. The fourth-order valence-corrected chi connectivity index (χ4v) is 1.42. The fourth-order valence-electron chi connectivity index (χ4n) is 1.42. The predicted octanol–water partition coefficient (Wildman–Crippen LogP) is 1.45. The molecule has 0 aliphatic heterocycles. The molecule has 0 unspecified atom stereocenters. The Morgan fingerprint density at radius 3 is 2.88 bits per heavy atom. The first-order valence-corrected chi connectivity index (χ1v) is 5.74. The van der Waals surface area contributed by atoms with E-state index in [1.54, 1.807) is 7.11 Å². The Kier molecular flexibility index (Phi) is 6.24. The SMILES string of the molecule is COCCCc1noc(CCCCC(=O)O)n1. The second kappa shape index (κ2) is 7.78. The van der Waals surface area contributed by atoms with E-state index in [-0.39, 0.29) is 6.42 Å². The van der Waals surface area contributed by atoms with Gasteiger partial charge < -0.3 is 14.4 Å². The van der Waals surface area contributed by atoms with Gasteiger partial charge in [0.25, 0.3) is 0 Å². The summed E-state index contributed by atoms with van der Waals surface area (Å²) < 4.78 is 9.98. The van der Waals surface area contributed by atoms with Gasteiger partial charge >= 0.3 is 5.97 Å². The molecule has 0 saturated carbocycles. The summed E-state index contributed by atoms with van der Waals surface area (Å²) in [5.74, 6) is 0.508. The number of unbranched alkanes of at least 4 members (excludes halogenated alkanes) is 1. The lowest BCUT2D eigenvalue weighted by atomic mass is 10.2. The Balaban J connectivity index is 2.18. The average Bonchev–Trinajstić information content (AvgIpc) is 2.73. The first-order valence-electron chi connectivity index (χ1n) is 5.74. The van der Waals surface area contributed by atoms with E-state index in [1.165, 1.54) is 0 Å². The zero-order chi connectivity index (χ0) is 12.5. The van der Waals surface area contributed by atoms with Crippen LogP contribution in [0.2, 0.25) is 0 Å². The predicted molar refractivity (Wildman–Crippen MR) is 59.7 cm³/mol. The molecule has 6 nitrogen and oxygen atoms in total. The molecule has 0 aliphatic carbocycles. The number of hydrogen-bond acceptors (Lipinski definition) is 5. The molecule has 0 aliphatic rings. The molecular formula is C11H18N2O4. The number of carboxylic acids is 1. The second-order valence-electron chi connectivity index (χ2n) is 3.80. The highest BCUT2D eigenvalue weighted by molar-refractivity contribution is 5.66. The molecule has 96 valence electrons. The molecular weight excluding hydrogens is 224 g/mol. The van der Waals surface area contributed by atoms with Crippen LogP contribution in [-0.4, -0.2) is 34.9 Å². The molecule has 0 atom stereocenters. The highest BCUT2D eigenvalue weighted by Crippen LogP contribution is 2.06. The molecule has 0 saturated heterocycles. The van der Waals surface area contributed by atoms with Crippen molar-refractivity contribution < 1.29 is 19.2 Å². The van der Waals surface area contributed by atoms with Gasteiger partial charge in [0.1, 0.15) is 0 Å². The van der Waals surface area contributed by atoms with Gasteiger partial charge in [-0.2, -0.15) is 4.98 Å². The van der Waals surface area contributed by atoms with Crippen molar-refractivity contribution in [1.29, 1.82) is 0 Å². The van der Waals surface area contributed by atoms with Crippen LogP contribution in [0.25, 0.3) is 0 Å². The highest BCUT2D eigenvalue weighted by atomic mass is 16.5. The minimum atomic E-state index is -0.768. The molecule has 0 fully saturated rings. The van der Waals surface area contributed by atoms with Crippen LogP contribution >= 0.6 is 0 Å². The smallest absolute Gasteiger partial charge is 0.303 e. The molecule has 6 heteroatoms. The topological polar surface area (TPSA) is 85.5 Å². The van der Waals surface area contributed by atoms with Gasteiger partial charge in [0, 0.05) is 33.0 Å². The van der Waals surface area contributed by atoms with Crippen LogP contribution in [0.1, 0.15) is 37.4 Å². The van der Waals surface area contributed by atoms with Crippen LogP contribution in [0.5, 0.6) is 0 Å². The number of aryl methyl sites for hydroxylation is 2. The normalized spacial score (nSPS) is 10.6. The van der Waals surface area contributed by atoms with Gasteiger partial charge in [-0.3, -0.25) is 4.79 Å². The summed E-state index contributed by atoms with van der Waals surface area (Å²) in [5, 5.41) is 12.3. The van der Waals surface area contributed by atoms with E-state index < -0.39 is 5.97 Å². The zero-order valence-electron chi connectivity index (χ0n) is 10.0. The molecule has 1 aromatic heterocycles. The third kappa shape index (κ3) is 6.01. The largest absolute Gasteiger partial charge is 0.481 e. The van der Waals surface area contributed by atoms with Crippen molar-refractivity contribution in [3.63, 3.8) is 0 Å². The zero-order valence-corrected chi connectivity index (χ0v) is 10.0. The number of carbonyl (C=O) groups is 1. The van der Waals surface area contributed by atoms with Gasteiger partial charge in [-0.25, -0.2) is 0 Å². The quantitative estimate of drug-likeness (QED) is 0.659. The van der Waals surface area contributed by atoms with Crippen molar-refractivity contribution >= 4 is 5.97 Å². The summed E-state index contributed by atoms with van der Waals surface area (Å²) in [4.78, 5) is 14.5. The summed E-state index contributed by atoms with van der Waals surface area (Å²) >= 11 is 0. The van der Waals surface area contributed by atoms with Crippen LogP contribution < -0.4 is 0 Å². The minimum absolute atomic E-state index is 0.189. The summed E-state index contributed by atoms with van der Waals surface area (Å²) in [6.07, 6.45) is 3.84. The first-order chi connectivity index (χ1) is 8.22. The Bertz CT molecular complexity index is 338. The molecule has 0 amide bonds. The Morgan fingerprint density at radius 2 is 2.18 bits per heavy atom. The maximum absolute atomic E-state index is 10.3. The monoisotopic (exact) mass is 242 g/mol. The summed E-state index contributed by atoms with van der Waals surface area (Å²) in [5.41, 5.74) is 0. The second-order valence-corrected chi connectivity index (χ2v) is 3.80. The molecule has 1 heterocycles. The van der Waals surface area contributed by atoms with E-state index in [1.807, 2.05) is 0 Å². The van der Waals surface area contributed by atoms with Gasteiger partial charge in [0.2, 0.25) is 5.89 Å². The third-order valence-corrected chi connectivity index (χ3v) is 2.29. The lowest BCUT2D eigenvalue weighted by Gasteiger charge is -1.94. The molecule has 0 spiro atoms. The molecule has 0 aromatic carbocycles. The number of hydrogen-bond donors (Lipinski definition) is 1. The summed E-state index contributed by atoms with van der Waals surface area (Å²) in [6.45, 7) is 0.683. The van der Waals surface area contributed by atoms with Crippen molar-refractivity contribution in [3.05, 3.63) is 11.7 Å². The van der Waals surface area contributed by atoms with E-state index >= 15 is 0 Å². The minimum Gasteiger partial charge on any atom is -0.481 e. The van der Waals surface area contributed by atoms with Crippen molar-refractivity contribution in [3.8, 4) is 0 Å². The lowest BCUT2D eigenvalue weighted by molar-refractivity contribution is -0.137. The van der Waals surface area contributed by atoms with E-state index in [4.69, 9.17) is 14.4 Å². The standard InChI is InChI=1S/C11H18N2O4/c1-16-8-4-5-9-12-10(17-13-9)6-2-3-7-11(14)15/h2-8H2,1H3,(H,14,15). The van der Waals surface area contributed by atoms with E-state index in [2.05, 4.69) is 10.1 Å². The van der Waals surface area contributed by atoms with Gasteiger partial charge in [-0.05, 0) is 19.3 Å². The van der Waals surface area contributed by atoms with E-state index in [0.29, 0.717) is 31.2 Å². The molecule has 1 rings (SSSR count). The van der Waals surface area contributed by atoms with Gasteiger partial charge in [-0.1, -0.05) is 5.16 Å². The van der Waals surface area contributed by atoms with E-state index in [9.17, 15) is 4.79 Å². The highest BCUT2D eigenvalue weighted by Gasteiger charge is 2.06. The van der Waals surface area contributed by atoms with Crippen LogP contribution in [-0.2, 0) is 22.4 Å². The number of methoxy groups -OCH3 is 1. The number of aliphatic carboxylic acids is 1. The maximum Gasteiger partial charge on any atom is 0.303 e. The fraction of sp³-hybridized carbons (Fsp3) is 0.727. The number of ether oxygens (including phenoxy) is 1. The van der Waals surface area contributed by atoms with Crippen LogP contribution in [0, 0.1) is 0 Å². The summed E-state index contributed by atoms with van der Waals surface area (Å²) in [6, 6.07) is 0. The van der Waals surface area contributed by atoms with Crippen molar-refractivity contribution in [2.24, 2.45) is 0 Å². The number of rotatable bonds is 9. The number of aromatic nitrogens is 2. The Hall–Kier alpha value is -1.43. The van der Waals surface area contributed by atoms with Gasteiger partial charge in [0.15, 0.2) is 5.82 Å². The third-order valence-electron chi connectivity index (χ3n) is 2.29. The number of nitrogens with zero attached hydrogens (tertiary/aromatic N) is 2.